The number of hydrogen-bond donors (Lipinski definition) is 0. The van der Waals surface area contributed by atoms with Crippen molar-refractivity contribution in [2.24, 2.45) is 11.8 Å². The molecule has 0 saturated heterocycles. The third-order valence-corrected chi connectivity index (χ3v) is 3.97. The molecule has 0 aliphatic heterocycles. The third-order valence-electron chi connectivity index (χ3n) is 3.97. The number of fused-ring (bicyclic) bond motifs is 1. The fraction of sp³-hybridized carbons (Fsp3) is 0.400. The van der Waals surface area contributed by atoms with Gasteiger partial charge in [0, 0.05) is 12.3 Å². The van der Waals surface area contributed by atoms with Crippen LogP contribution in [0.15, 0.2) is 35.9 Å². The van der Waals surface area contributed by atoms with Crippen molar-refractivity contribution in [3.63, 3.8) is 0 Å². The molecule has 1 heteroatoms. The Balaban J connectivity index is 1.87. The smallest absolute Gasteiger partial charge is 0.136 e. The van der Waals surface area contributed by atoms with Crippen LogP contribution < -0.4 is 0 Å². The summed E-state index contributed by atoms with van der Waals surface area (Å²) >= 11 is 0. The minimum absolute atomic E-state index is 0.356. The summed E-state index contributed by atoms with van der Waals surface area (Å²) in [6.07, 6.45) is 6.39. The van der Waals surface area contributed by atoms with Gasteiger partial charge < -0.3 is 0 Å². The van der Waals surface area contributed by atoms with Crippen molar-refractivity contribution in [1.82, 2.24) is 0 Å². The Morgan fingerprint density at radius 1 is 1.00 bits per heavy atom. The molecule has 2 fully saturated rings. The molecule has 16 heavy (non-hydrogen) atoms. The molecule has 2 aliphatic rings. The molecule has 0 spiro atoms. The summed E-state index contributed by atoms with van der Waals surface area (Å²) in [6, 6.07) is 10.4. The van der Waals surface area contributed by atoms with E-state index in [1.807, 2.05) is 6.07 Å². The van der Waals surface area contributed by atoms with Crippen LogP contribution in [-0.2, 0) is 4.79 Å². The Hall–Kier alpha value is -1.37. The molecule has 1 nitrogen and oxygen atoms in total. The van der Waals surface area contributed by atoms with Crippen molar-refractivity contribution < 1.29 is 4.79 Å². The fourth-order valence-corrected chi connectivity index (χ4v) is 3.16. The van der Waals surface area contributed by atoms with E-state index in [9.17, 15) is 4.79 Å². The summed E-state index contributed by atoms with van der Waals surface area (Å²) in [5.74, 6) is 1.42. The second-order valence-corrected chi connectivity index (χ2v) is 4.89. The van der Waals surface area contributed by atoms with Crippen LogP contribution in [0, 0.1) is 11.8 Å². The van der Waals surface area contributed by atoms with Crippen molar-refractivity contribution in [2.45, 2.75) is 25.7 Å². The quantitative estimate of drug-likeness (QED) is 0.696. The van der Waals surface area contributed by atoms with Gasteiger partial charge in [0.2, 0.25) is 0 Å². The molecule has 3 rings (SSSR count). The lowest BCUT2D eigenvalue weighted by atomic mass is 9.95. The van der Waals surface area contributed by atoms with E-state index in [0.717, 1.165) is 25.7 Å². The van der Waals surface area contributed by atoms with Crippen LogP contribution in [0.2, 0.25) is 0 Å². The highest BCUT2D eigenvalue weighted by Gasteiger charge is 2.40. The van der Waals surface area contributed by atoms with E-state index in [-0.39, 0.29) is 0 Å². The zero-order valence-corrected chi connectivity index (χ0v) is 9.36. The second kappa shape index (κ2) is 3.89. The molecule has 0 aromatic heterocycles. The van der Waals surface area contributed by atoms with E-state index in [1.54, 1.807) is 0 Å². The summed E-state index contributed by atoms with van der Waals surface area (Å²) in [5, 5.41) is 0. The van der Waals surface area contributed by atoms with Crippen LogP contribution in [0.1, 0.15) is 31.2 Å². The van der Waals surface area contributed by atoms with E-state index in [0.29, 0.717) is 17.6 Å². The molecule has 2 saturated carbocycles. The first kappa shape index (κ1) is 9.83. The molecule has 2 aliphatic carbocycles. The Morgan fingerprint density at radius 3 is 2.56 bits per heavy atom. The summed E-state index contributed by atoms with van der Waals surface area (Å²) in [4.78, 5) is 11.6. The maximum atomic E-state index is 11.6. The Labute approximate surface area is 96.2 Å². The molecule has 1 aromatic rings. The Bertz CT molecular complexity index is 430. The second-order valence-electron chi connectivity index (χ2n) is 4.89. The molecule has 0 radical (unpaired) electrons. The van der Waals surface area contributed by atoms with E-state index < -0.39 is 0 Å². The van der Waals surface area contributed by atoms with Gasteiger partial charge in [0.15, 0.2) is 0 Å². The van der Waals surface area contributed by atoms with Crippen molar-refractivity contribution in [1.29, 1.82) is 0 Å². The highest BCUT2D eigenvalue weighted by molar-refractivity contribution is 5.85. The van der Waals surface area contributed by atoms with Crippen LogP contribution >= 0.6 is 0 Å². The minimum atomic E-state index is 0.356. The van der Waals surface area contributed by atoms with Gasteiger partial charge in [-0.15, -0.1) is 0 Å². The lowest BCUT2D eigenvalue weighted by Gasteiger charge is -2.08. The number of ketones is 1. The number of carbonyl (C=O) groups excluding carboxylic acids is 1. The van der Waals surface area contributed by atoms with Crippen LogP contribution in [0.3, 0.4) is 0 Å². The molecule has 0 amide bonds. The predicted octanol–water partition coefficient (Wildman–Crippen LogP) is 3.46. The fourth-order valence-electron chi connectivity index (χ4n) is 3.16. The van der Waals surface area contributed by atoms with E-state index in [4.69, 9.17) is 0 Å². The van der Waals surface area contributed by atoms with Crippen LogP contribution in [0.5, 0.6) is 0 Å². The Kier molecular flexibility index (Phi) is 2.39. The topological polar surface area (TPSA) is 17.1 Å². The largest absolute Gasteiger partial charge is 0.299 e. The lowest BCUT2D eigenvalue weighted by Crippen LogP contribution is -2.07. The molecule has 2 unspecified atom stereocenters. The summed E-state index contributed by atoms with van der Waals surface area (Å²) < 4.78 is 0. The van der Waals surface area contributed by atoms with Crippen LogP contribution in [0.4, 0.5) is 0 Å². The zero-order valence-electron chi connectivity index (χ0n) is 9.36. The molecular formula is C15H16O. The van der Waals surface area contributed by atoms with Crippen LogP contribution in [-0.4, -0.2) is 5.78 Å². The van der Waals surface area contributed by atoms with Gasteiger partial charge in [-0.05, 0) is 30.7 Å². The van der Waals surface area contributed by atoms with Crippen molar-refractivity contribution in [2.75, 3.05) is 0 Å². The maximum Gasteiger partial charge on any atom is 0.136 e. The number of rotatable bonds is 1. The summed E-state index contributed by atoms with van der Waals surface area (Å²) in [5.41, 5.74) is 2.78. The average Bonchev–Trinajstić information content (AvgIpc) is 2.86. The number of hydrogen-bond acceptors (Lipinski definition) is 1. The lowest BCUT2D eigenvalue weighted by molar-refractivity contribution is -0.120. The first-order valence-electron chi connectivity index (χ1n) is 6.13. The Morgan fingerprint density at radius 2 is 1.75 bits per heavy atom. The number of benzene rings is 1. The molecular weight excluding hydrogens is 196 g/mol. The van der Waals surface area contributed by atoms with E-state index >= 15 is 0 Å². The number of allylic oxidation sites excluding steroid dienone is 1. The van der Waals surface area contributed by atoms with Gasteiger partial charge in [0.25, 0.3) is 0 Å². The van der Waals surface area contributed by atoms with E-state index in [1.165, 1.54) is 11.1 Å². The SMILES string of the molecule is O=C1CCC2/C(=C/c3ccccc3)CCC12. The van der Waals surface area contributed by atoms with Gasteiger partial charge in [-0.3, -0.25) is 4.79 Å². The summed E-state index contributed by atoms with van der Waals surface area (Å²) in [6.45, 7) is 0. The molecule has 1 aromatic carbocycles. The molecule has 2 atom stereocenters. The van der Waals surface area contributed by atoms with Crippen molar-refractivity contribution >= 4 is 11.9 Å². The van der Waals surface area contributed by atoms with Crippen molar-refractivity contribution in [3.8, 4) is 0 Å². The highest BCUT2D eigenvalue weighted by atomic mass is 16.1. The zero-order chi connectivity index (χ0) is 11.0. The molecule has 82 valence electrons. The monoisotopic (exact) mass is 212 g/mol. The highest BCUT2D eigenvalue weighted by Crippen LogP contribution is 2.45. The number of carbonyl (C=O) groups is 1. The van der Waals surface area contributed by atoms with Gasteiger partial charge in [-0.2, -0.15) is 0 Å². The third kappa shape index (κ3) is 1.60. The maximum absolute atomic E-state index is 11.6. The van der Waals surface area contributed by atoms with Gasteiger partial charge in [0.05, 0.1) is 0 Å². The number of Topliss-reactive ketones (excluding diaryl/α,β-unsaturated/α-hetero) is 1. The first-order valence-corrected chi connectivity index (χ1v) is 6.13. The van der Waals surface area contributed by atoms with Crippen molar-refractivity contribution in [3.05, 3.63) is 41.5 Å². The normalized spacial score (nSPS) is 31.0. The predicted molar refractivity (Wildman–Crippen MR) is 64.9 cm³/mol. The minimum Gasteiger partial charge on any atom is -0.299 e. The van der Waals surface area contributed by atoms with Gasteiger partial charge in [-0.1, -0.05) is 42.0 Å². The van der Waals surface area contributed by atoms with Gasteiger partial charge >= 0.3 is 0 Å². The molecule has 0 heterocycles. The van der Waals surface area contributed by atoms with Crippen LogP contribution in [0.25, 0.3) is 6.08 Å². The molecule has 0 bridgehead atoms. The first-order chi connectivity index (χ1) is 7.84. The van der Waals surface area contributed by atoms with Gasteiger partial charge in [0.1, 0.15) is 5.78 Å². The average molecular weight is 212 g/mol. The van der Waals surface area contributed by atoms with E-state index in [2.05, 4.69) is 30.3 Å². The standard InChI is InChI=1S/C15H16O/c16-15-9-8-13-12(6-7-14(13)15)10-11-4-2-1-3-5-11/h1-5,10,13-14H,6-9H2/b12-10+. The molecule has 0 N–H and O–H groups in total. The van der Waals surface area contributed by atoms with Gasteiger partial charge in [-0.25, -0.2) is 0 Å². The summed E-state index contributed by atoms with van der Waals surface area (Å²) in [7, 11) is 0.